The fourth-order valence-corrected chi connectivity index (χ4v) is 1.79. The van der Waals surface area contributed by atoms with Crippen molar-refractivity contribution < 1.29 is 33.5 Å². The van der Waals surface area contributed by atoms with E-state index in [1.807, 2.05) is 0 Å². The summed E-state index contributed by atoms with van der Waals surface area (Å²) in [4.78, 5) is 21.7. The summed E-state index contributed by atoms with van der Waals surface area (Å²) >= 11 is 0. The van der Waals surface area contributed by atoms with Gasteiger partial charge in [-0.05, 0) is 18.2 Å². The molecule has 1 aliphatic heterocycles. The number of Topliss-reactive ketones (excluding diaryl/α,β-unsaturated/α-hetero) is 1. The number of hydrogen-bond acceptors (Lipinski definition) is 4. The van der Waals surface area contributed by atoms with Crippen molar-refractivity contribution in [1.29, 1.82) is 0 Å². The van der Waals surface area contributed by atoms with E-state index in [2.05, 4.69) is 5.32 Å². The van der Waals surface area contributed by atoms with Crippen LogP contribution in [-0.2, 0) is 14.9 Å². The van der Waals surface area contributed by atoms with E-state index in [1.165, 1.54) is 6.07 Å². The second-order valence-corrected chi connectivity index (χ2v) is 4.39. The van der Waals surface area contributed by atoms with Crippen LogP contribution in [0.25, 0.3) is 0 Å². The molecule has 0 saturated carbocycles. The molecule has 0 spiro atoms. The predicted molar refractivity (Wildman–Crippen MR) is 63.6 cm³/mol. The van der Waals surface area contributed by atoms with Gasteiger partial charge in [-0.25, -0.2) is 0 Å². The molecule has 18 heavy (non-hydrogen) atoms. The van der Waals surface area contributed by atoms with Crippen LogP contribution in [0.15, 0.2) is 23.1 Å². The number of fused-ring (bicyclic) bond motifs is 1. The SMILES string of the molecule is O.O.O=C1Nc2ccc(S(=O)(=O)O)cc2C1=O.[NaH]. The zero-order valence-electron chi connectivity index (χ0n) is 8.22. The Morgan fingerprint density at radius 3 is 2.17 bits per heavy atom. The fourth-order valence-electron chi connectivity index (χ4n) is 1.28. The molecule has 1 heterocycles. The summed E-state index contributed by atoms with van der Waals surface area (Å²) in [5.41, 5.74) is 0.201. The topological polar surface area (TPSA) is 164 Å². The first-order valence-corrected chi connectivity index (χ1v) is 5.31. The minimum absolute atomic E-state index is 0. The van der Waals surface area contributed by atoms with E-state index in [-0.39, 0.29) is 51.8 Å². The van der Waals surface area contributed by atoms with Crippen molar-refractivity contribution >= 4 is 57.1 Å². The first-order valence-electron chi connectivity index (χ1n) is 3.87. The number of anilines is 1. The molecule has 0 unspecified atom stereocenters. The van der Waals surface area contributed by atoms with Crippen LogP contribution in [-0.4, -0.2) is 65.2 Å². The van der Waals surface area contributed by atoms with Crippen LogP contribution in [0.4, 0.5) is 5.69 Å². The third-order valence-electron chi connectivity index (χ3n) is 1.99. The average Bonchev–Trinajstić information content (AvgIpc) is 2.41. The van der Waals surface area contributed by atoms with Gasteiger partial charge in [-0.15, -0.1) is 0 Å². The summed E-state index contributed by atoms with van der Waals surface area (Å²) < 4.78 is 30.2. The van der Waals surface area contributed by atoms with Gasteiger partial charge in [0, 0.05) is 0 Å². The number of rotatable bonds is 1. The number of amides is 1. The number of carbonyl (C=O) groups is 2. The van der Waals surface area contributed by atoms with Gasteiger partial charge in [0.1, 0.15) is 0 Å². The molecule has 0 radical (unpaired) electrons. The van der Waals surface area contributed by atoms with Gasteiger partial charge in [0.15, 0.2) is 0 Å². The van der Waals surface area contributed by atoms with Crippen molar-refractivity contribution in [3.63, 3.8) is 0 Å². The van der Waals surface area contributed by atoms with Crippen molar-refractivity contribution in [2.45, 2.75) is 4.90 Å². The molecular formula is C8H10NNaO7S. The zero-order valence-corrected chi connectivity index (χ0v) is 9.04. The Labute approximate surface area is 124 Å². The Bertz CT molecular complexity index is 583. The summed E-state index contributed by atoms with van der Waals surface area (Å²) in [5, 5.41) is 2.26. The number of carbonyl (C=O) groups excluding carboxylic acids is 2. The first kappa shape index (κ1) is 19.5. The molecule has 0 bridgehead atoms. The molecule has 10 heteroatoms. The van der Waals surface area contributed by atoms with E-state index in [4.69, 9.17) is 4.55 Å². The molecule has 2 rings (SSSR count). The van der Waals surface area contributed by atoms with E-state index >= 15 is 0 Å². The Kier molecular flexibility index (Phi) is 6.93. The van der Waals surface area contributed by atoms with Gasteiger partial charge < -0.3 is 16.3 Å². The van der Waals surface area contributed by atoms with Gasteiger partial charge in [0.25, 0.3) is 21.8 Å². The zero-order chi connectivity index (χ0) is 11.2. The Morgan fingerprint density at radius 1 is 1.11 bits per heavy atom. The third-order valence-corrected chi connectivity index (χ3v) is 2.84. The van der Waals surface area contributed by atoms with Crippen LogP contribution in [0.3, 0.4) is 0 Å². The molecule has 0 aromatic heterocycles. The van der Waals surface area contributed by atoms with Crippen molar-refractivity contribution in [2.24, 2.45) is 0 Å². The second kappa shape index (κ2) is 6.38. The van der Waals surface area contributed by atoms with E-state index in [0.29, 0.717) is 0 Å². The monoisotopic (exact) mass is 287 g/mol. The maximum atomic E-state index is 11.2. The van der Waals surface area contributed by atoms with Gasteiger partial charge >= 0.3 is 29.6 Å². The van der Waals surface area contributed by atoms with Crippen LogP contribution in [0.2, 0.25) is 0 Å². The van der Waals surface area contributed by atoms with E-state index in [1.54, 1.807) is 0 Å². The van der Waals surface area contributed by atoms with Gasteiger partial charge in [-0.2, -0.15) is 8.42 Å². The minimum atomic E-state index is -4.36. The molecule has 1 aliphatic rings. The predicted octanol–water partition coefficient (Wildman–Crippen LogP) is -2.23. The molecular weight excluding hydrogens is 277 g/mol. The summed E-state index contributed by atoms with van der Waals surface area (Å²) in [6, 6.07) is 3.32. The maximum absolute atomic E-state index is 11.2. The fraction of sp³-hybridized carbons (Fsp3) is 0. The Hall–Kier alpha value is -0.810. The standard InChI is InChI=1S/C8H5NO5S.Na.2H2O.H/c10-7-5-3-4(15(12,13)14)1-2-6(5)9-8(7)11;;;;/h1-3H,(H,9,10,11)(H,12,13,14);;2*1H2;. The van der Waals surface area contributed by atoms with Crippen LogP contribution < -0.4 is 5.32 Å². The molecule has 0 saturated heterocycles. The molecule has 0 fully saturated rings. The van der Waals surface area contributed by atoms with E-state index in [9.17, 15) is 18.0 Å². The molecule has 6 N–H and O–H groups in total. The van der Waals surface area contributed by atoms with Crippen molar-refractivity contribution in [3.05, 3.63) is 23.8 Å². The van der Waals surface area contributed by atoms with Crippen molar-refractivity contribution in [1.82, 2.24) is 0 Å². The molecule has 8 nitrogen and oxygen atoms in total. The van der Waals surface area contributed by atoms with Gasteiger partial charge in [-0.1, -0.05) is 0 Å². The average molecular weight is 287 g/mol. The quantitative estimate of drug-likeness (QED) is 0.338. The van der Waals surface area contributed by atoms with Gasteiger partial charge in [0.05, 0.1) is 16.1 Å². The van der Waals surface area contributed by atoms with Gasteiger partial charge in [0.2, 0.25) is 0 Å². The van der Waals surface area contributed by atoms with Crippen LogP contribution in [0, 0.1) is 0 Å². The number of ketones is 1. The number of benzene rings is 1. The van der Waals surface area contributed by atoms with E-state index in [0.717, 1.165) is 12.1 Å². The van der Waals surface area contributed by atoms with Crippen molar-refractivity contribution in [3.8, 4) is 0 Å². The van der Waals surface area contributed by atoms with Crippen LogP contribution in [0.1, 0.15) is 10.4 Å². The summed E-state index contributed by atoms with van der Waals surface area (Å²) in [7, 11) is -4.36. The molecule has 1 aromatic carbocycles. The number of hydrogen-bond donors (Lipinski definition) is 2. The molecule has 96 valence electrons. The molecule has 1 amide bonds. The first-order chi connectivity index (χ1) is 6.89. The Balaban J connectivity index is 0. The normalized spacial score (nSPS) is 12.5. The summed E-state index contributed by atoms with van der Waals surface area (Å²) in [6.07, 6.45) is 0. The third kappa shape index (κ3) is 3.36. The van der Waals surface area contributed by atoms with Crippen molar-refractivity contribution in [2.75, 3.05) is 5.32 Å². The second-order valence-electron chi connectivity index (χ2n) is 2.97. The van der Waals surface area contributed by atoms with Crippen LogP contribution in [0.5, 0.6) is 0 Å². The molecule has 1 aromatic rings. The number of nitrogens with one attached hydrogen (secondary N) is 1. The van der Waals surface area contributed by atoms with Gasteiger partial charge in [-0.3, -0.25) is 14.1 Å². The molecule has 0 atom stereocenters. The van der Waals surface area contributed by atoms with Crippen LogP contribution >= 0.6 is 0 Å². The van der Waals surface area contributed by atoms with E-state index < -0.39 is 26.7 Å². The Morgan fingerprint density at radius 2 is 1.67 bits per heavy atom. The summed E-state index contributed by atoms with van der Waals surface area (Å²) in [5.74, 6) is -1.62. The molecule has 0 aliphatic carbocycles. The summed E-state index contributed by atoms with van der Waals surface area (Å²) in [6.45, 7) is 0.